The van der Waals surface area contributed by atoms with Crippen molar-refractivity contribution in [2.24, 2.45) is 0 Å². The van der Waals surface area contributed by atoms with E-state index in [2.05, 4.69) is 0 Å². The van der Waals surface area contributed by atoms with Crippen LogP contribution in [-0.4, -0.2) is 5.11 Å². The second-order valence-corrected chi connectivity index (χ2v) is 2.86. The van der Waals surface area contributed by atoms with Gasteiger partial charge in [0.05, 0.1) is 6.10 Å². The maximum Gasteiger partial charge on any atom is 2.00 e. The van der Waals surface area contributed by atoms with Crippen LogP contribution in [0.1, 0.15) is 18.6 Å². The average molecular weight is 364 g/mol. The van der Waals surface area contributed by atoms with Crippen LogP contribution in [-0.2, 0) is 19.8 Å². The van der Waals surface area contributed by atoms with Crippen molar-refractivity contribution in [3.63, 3.8) is 0 Å². The van der Waals surface area contributed by atoms with Crippen LogP contribution in [0.4, 0.5) is 0 Å². The van der Waals surface area contributed by atoms with Crippen LogP contribution in [0.3, 0.4) is 0 Å². The topological polar surface area (TPSA) is 20.2 Å². The molecule has 0 amide bonds. The van der Waals surface area contributed by atoms with Crippen LogP contribution in [0.25, 0.3) is 0 Å². The molecule has 14 heavy (non-hydrogen) atoms. The quantitative estimate of drug-likeness (QED) is 0.772. The Hall–Kier alpha value is -0.704. The molecule has 2 heteroatoms. The summed E-state index contributed by atoms with van der Waals surface area (Å²) in [6.45, 7) is 1.76. The first-order chi connectivity index (χ1) is 6.30. The van der Waals surface area contributed by atoms with Crippen LogP contribution in [0.2, 0.25) is 0 Å². The fourth-order valence-electron chi connectivity index (χ4n) is 0.988. The molecule has 0 spiro atoms. The van der Waals surface area contributed by atoms with Gasteiger partial charge in [0, 0.05) is 0 Å². The van der Waals surface area contributed by atoms with Gasteiger partial charge in [-0.1, -0.05) is 0 Å². The molecule has 0 aliphatic carbocycles. The molecule has 2 aromatic rings. The third-order valence-corrected chi connectivity index (χ3v) is 1.73. The zero-order valence-electron chi connectivity index (χ0n) is 8.07. The molecule has 0 aromatic heterocycles. The minimum absolute atomic E-state index is 0. The van der Waals surface area contributed by atoms with Gasteiger partial charge in [-0.05, 0) is 6.92 Å². The van der Waals surface area contributed by atoms with E-state index in [-0.39, 0.29) is 25.9 Å². The summed E-state index contributed by atoms with van der Waals surface area (Å²) in [5, 5.41) is 8.91. The van der Waals surface area contributed by atoms with E-state index in [1.165, 1.54) is 0 Å². The van der Waals surface area contributed by atoms with Crippen molar-refractivity contribution in [2.75, 3.05) is 0 Å². The number of aliphatic hydroxyl groups is 1. The minimum atomic E-state index is -0.315. The second kappa shape index (κ2) is 7.68. The van der Waals surface area contributed by atoms with Gasteiger partial charge in [0.15, 0.2) is 0 Å². The Morgan fingerprint density at radius 1 is 1.14 bits per heavy atom. The van der Waals surface area contributed by atoms with Crippen LogP contribution in [0, 0.1) is 0 Å². The maximum atomic E-state index is 8.91. The van der Waals surface area contributed by atoms with Crippen LogP contribution < -0.4 is 0 Å². The second-order valence-electron chi connectivity index (χ2n) is 2.86. The average Bonchev–Trinajstić information content (AvgIpc) is 2.82. The van der Waals surface area contributed by atoms with Crippen molar-refractivity contribution in [3.8, 4) is 0 Å². The Labute approximate surface area is 98.2 Å². The largest absolute Gasteiger partial charge is 2.00 e. The van der Waals surface area contributed by atoms with E-state index < -0.39 is 0 Å². The molecule has 1 unspecified atom stereocenters. The van der Waals surface area contributed by atoms with Crippen molar-refractivity contribution < 1.29 is 24.9 Å². The zero-order chi connectivity index (χ0) is 9.52. The third-order valence-electron chi connectivity index (χ3n) is 1.73. The van der Waals surface area contributed by atoms with Crippen molar-refractivity contribution in [2.45, 2.75) is 13.0 Å². The van der Waals surface area contributed by atoms with Crippen LogP contribution in [0.15, 0.2) is 54.6 Å². The Bertz CT molecular complexity index is 265. The van der Waals surface area contributed by atoms with Crippen molar-refractivity contribution in [1.29, 1.82) is 0 Å². The van der Waals surface area contributed by atoms with Gasteiger partial charge in [0.1, 0.15) is 0 Å². The van der Waals surface area contributed by atoms with Crippen LogP contribution in [0.5, 0.6) is 0 Å². The molecule has 0 radical (unpaired) electrons. The van der Waals surface area contributed by atoms with E-state index in [0.717, 1.165) is 5.56 Å². The van der Waals surface area contributed by atoms with Gasteiger partial charge in [-0.15, -0.1) is 5.56 Å². The number of hydrogen-bond acceptors (Lipinski definition) is 1. The van der Waals surface area contributed by atoms with Gasteiger partial charge in [0.25, 0.3) is 0 Å². The molecule has 0 bridgehead atoms. The summed E-state index contributed by atoms with van der Waals surface area (Å²) in [6, 6.07) is 17.7. The van der Waals surface area contributed by atoms with E-state index in [0.29, 0.717) is 0 Å². The summed E-state index contributed by atoms with van der Waals surface area (Å²) < 4.78 is 0. The SMILES string of the molecule is CC(O)c1ccc[cH-]1.[Os+2].c1cc[cH-]c1. The van der Waals surface area contributed by atoms with Crippen LogP contribution >= 0.6 is 0 Å². The first-order valence-electron chi connectivity index (χ1n) is 4.37. The monoisotopic (exact) mass is 366 g/mol. The van der Waals surface area contributed by atoms with Gasteiger partial charge in [-0.25, -0.2) is 24.3 Å². The molecule has 76 valence electrons. The molecular formula is C12H14OOs. The molecule has 1 N–H and O–H groups in total. The zero-order valence-corrected chi connectivity index (χ0v) is 10.6. The van der Waals surface area contributed by atoms with Gasteiger partial charge in [0.2, 0.25) is 0 Å². The van der Waals surface area contributed by atoms with E-state index in [9.17, 15) is 0 Å². The third kappa shape index (κ3) is 5.12. The molecule has 2 aromatic carbocycles. The summed E-state index contributed by atoms with van der Waals surface area (Å²) in [6.07, 6.45) is -0.315. The van der Waals surface area contributed by atoms with Crippen molar-refractivity contribution in [1.82, 2.24) is 0 Å². The van der Waals surface area contributed by atoms with Crippen molar-refractivity contribution >= 4 is 0 Å². The molecular weight excluding hydrogens is 350 g/mol. The molecule has 1 nitrogen and oxygen atoms in total. The Balaban J connectivity index is 0.000000246. The number of hydrogen-bond donors (Lipinski definition) is 1. The molecule has 1 atom stereocenters. The molecule has 0 aliphatic rings. The fraction of sp³-hybridized carbons (Fsp3) is 0.167. The smallest absolute Gasteiger partial charge is 0.391 e. The summed E-state index contributed by atoms with van der Waals surface area (Å²) in [4.78, 5) is 0. The molecule has 0 heterocycles. The molecule has 0 fully saturated rings. The first kappa shape index (κ1) is 13.3. The number of rotatable bonds is 1. The summed E-state index contributed by atoms with van der Waals surface area (Å²) in [7, 11) is 0. The van der Waals surface area contributed by atoms with Gasteiger partial charge >= 0.3 is 19.8 Å². The number of aliphatic hydroxyl groups excluding tert-OH is 1. The Kier molecular flexibility index (Phi) is 7.29. The predicted octanol–water partition coefficient (Wildman–Crippen LogP) is 2.86. The summed E-state index contributed by atoms with van der Waals surface area (Å²) in [5.74, 6) is 0. The van der Waals surface area contributed by atoms with Gasteiger partial charge in [-0.3, -0.25) is 0 Å². The molecule has 0 saturated heterocycles. The predicted molar refractivity (Wildman–Crippen MR) is 54.7 cm³/mol. The first-order valence-corrected chi connectivity index (χ1v) is 4.37. The summed E-state index contributed by atoms with van der Waals surface area (Å²) in [5.41, 5.74) is 0.991. The van der Waals surface area contributed by atoms with Crippen molar-refractivity contribution in [3.05, 3.63) is 60.2 Å². The molecule has 0 aliphatic heterocycles. The van der Waals surface area contributed by atoms with E-state index in [1.807, 2.05) is 54.6 Å². The summed E-state index contributed by atoms with van der Waals surface area (Å²) >= 11 is 0. The van der Waals surface area contributed by atoms with E-state index in [4.69, 9.17) is 5.11 Å². The van der Waals surface area contributed by atoms with Gasteiger partial charge in [-0.2, -0.15) is 30.3 Å². The molecule has 2 rings (SSSR count). The molecule has 0 saturated carbocycles. The van der Waals surface area contributed by atoms with Gasteiger partial charge < -0.3 is 5.11 Å². The minimum Gasteiger partial charge on any atom is -0.391 e. The van der Waals surface area contributed by atoms with E-state index in [1.54, 1.807) is 6.92 Å². The Morgan fingerprint density at radius 2 is 1.79 bits per heavy atom. The maximum absolute atomic E-state index is 8.91. The standard InChI is InChI=1S/C7H9O.C5H5.Os/c1-6(8)7-4-2-3-5-7;1-2-4-5-3-1;/h2-6,8H,1H3;1-5H;/q2*-1;+2. The Morgan fingerprint density at radius 3 is 2.00 bits per heavy atom. The fourth-order valence-corrected chi connectivity index (χ4v) is 0.988. The van der Waals surface area contributed by atoms with E-state index >= 15 is 0 Å². The normalized spacial score (nSPS) is 10.7.